The third kappa shape index (κ3) is 5.62. The van der Waals surface area contributed by atoms with E-state index in [0.717, 1.165) is 16.1 Å². The molecule has 0 spiro atoms. The van der Waals surface area contributed by atoms with Crippen molar-refractivity contribution in [1.29, 1.82) is 0 Å². The molecule has 0 radical (unpaired) electrons. The molecule has 8 heteroatoms. The quantitative estimate of drug-likeness (QED) is 0.649. The average Bonchev–Trinajstić information content (AvgIpc) is 2.63. The highest BCUT2D eigenvalue weighted by molar-refractivity contribution is 7.92. The molecular weight excluding hydrogens is 400 g/mol. The number of hydrogen-bond donors (Lipinski definition) is 0. The maximum atomic E-state index is 12.9. The lowest BCUT2D eigenvalue weighted by molar-refractivity contribution is -0.131. The number of sulfonamides is 1. The zero-order valence-corrected chi connectivity index (χ0v) is 18.0. The van der Waals surface area contributed by atoms with Gasteiger partial charge in [-0.05, 0) is 55.8 Å². The molecular formula is C20H25ClN2O4S. The molecule has 0 bridgehead atoms. The average molecular weight is 425 g/mol. The Bertz CT molecular complexity index is 899. The van der Waals surface area contributed by atoms with Gasteiger partial charge in [0.15, 0.2) is 0 Å². The Morgan fingerprint density at radius 3 is 2.18 bits per heavy atom. The summed E-state index contributed by atoms with van der Waals surface area (Å²) in [5, 5.41) is 0.616. The molecule has 0 saturated heterocycles. The SMILES string of the molecule is CCOc1ccc(N([C@H](C)C(=O)N(C)Cc2ccc(Cl)cc2)S(C)(=O)=O)cc1. The largest absolute Gasteiger partial charge is 0.494 e. The van der Waals surface area contributed by atoms with Crippen LogP contribution in [-0.2, 0) is 21.4 Å². The highest BCUT2D eigenvalue weighted by atomic mass is 35.5. The van der Waals surface area contributed by atoms with Crippen LogP contribution >= 0.6 is 11.6 Å². The lowest BCUT2D eigenvalue weighted by atomic mass is 10.2. The number of benzene rings is 2. The van der Waals surface area contributed by atoms with Crippen LogP contribution in [0, 0.1) is 0 Å². The zero-order chi connectivity index (χ0) is 20.9. The fourth-order valence-electron chi connectivity index (χ4n) is 2.92. The van der Waals surface area contributed by atoms with E-state index in [9.17, 15) is 13.2 Å². The monoisotopic (exact) mass is 424 g/mol. The van der Waals surface area contributed by atoms with Crippen LogP contribution in [0.3, 0.4) is 0 Å². The first-order valence-corrected chi connectivity index (χ1v) is 11.1. The number of hydrogen-bond acceptors (Lipinski definition) is 4. The predicted molar refractivity (Wildman–Crippen MR) is 112 cm³/mol. The smallest absolute Gasteiger partial charge is 0.246 e. The predicted octanol–water partition coefficient (Wildman–Crippen LogP) is 3.55. The van der Waals surface area contributed by atoms with E-state index >= 15 is 0 Å². The number of ether oxygens (including phenoxy) is 1. The Balaban J connectivity index is 2.22. The van der Waals surface area contributed by atoms with Crippen LogP contribution in [0.15, 0.2) is 48.5 Å². The van der Waals surface area contributed by atoms with Gasteiger partial charge in [0, 0.05) is 18.6 Å². The molecule has 0 fully saturated rings. The maximum Gasteiger partial charge on any atom is 0.246 e. The van der Waals surface area contributed by atoms with Gasteiger partial charge in [0.1, 0.15) is 11.8 Å². The number of halogens is 1. The van der Waals surface area contributed by atoms with Crippen LogP contribution in [0.2, 0.25) is 5.02 Å². The minimum atomic E-state index is -3.67. The summed E-state index contributed by atoms with van der Waals surface area (Å²) in [5.74, 6) is 0.327. The molecule has 0 saturated carbocycles. The van der Waals surface area contributed by atoms with Crippen LogP contribution in [0.5, 0.6) is 5.75 Å². The van der Waals surface area contributed by atoms with E-state index in [1.807, 2.05) is 19.1 Å². The van der Waals surface area contributed by atoms with Crippen molar-refractivity contribution in [3.63, 3.8) is 0 Å². The van der Waals surface area contributed by atoms with Crippen molar-refractivity contribution < 1.29 is 17.9 Å². The Morgan fingerprint density at radius 1 is 1.11 bits per heavy atom. The fourth-order valence-corrected chi connectivity index (χ4v) is 4.21. The molecule has 1 atom stereocenters. The van der Waals surface area contributed by atoms with Gasteiger partial charge in [-0.25, -0.2) is 8.42 Å². The molecule has 0 heterocycles. The molecule has 0 N–H and O–H groups in total. The van der Waals surface area contributed by atoms with Gasteiger partial charge in [-0.3, -0.25) is 9.10 Å². The van der Waals surface area contributed by atoms with Gasteiger partial charge in [-0.2, -0.15) is 0 Å². The van der Waals surface area contributed by atoms with E-state index in [1.165, 1.54) is 4.90 Å². The maximum absolute atomic E-state index is 12.9. The Hall–Kier alpha value is -2.25. The van der Waals surface area contributed by atoms with E-state index in [0.29, 0.717) is 29.6 Å². The Kier molecular flexibility index (Phi) is 7.32. The van der Waals surface area contributed by atoms with Gasteiger partial charge < -0.3 is 9.64 Å². The highest BCUT2D eigenvalue weighted by Gasteiger charge is 2.31. The van der Waals surface area contributed by atoms with Crippen LogP contribution < -0.4 is 9.04 Å². The number of amides is 1. The first kappa shape index (κ1) is 22.0. The molecule has 0 aliphatic heterocycles. The summed E-state index contributed by atoms with van der Waals surface area (Å²) in [5.41, 5.74) is 1.31. The minimum absolute atomic E-state index is 0.311. The van der Waals surface area contributed by atoms with Crippen molar-refractivity contribution in [1.82, 2.24) is 4.90 Å². The molecule has 6 nitrogen and oxygen atoms in total. The molecule has 1 amide bonds. The first-order valence-electron chi connectivity index (χ1n) is 8.85. The van der Waals surface area contributed by atoms with E-state index in [1.54, 1.807) is 50.4 Å². The summed E-state index contributed by atoms with van der Waals surface area (Å²) in [4.78, 5) is 14.4. The molecule has 2 aromatic carbocycles. The molecule has 0 aliphatic carbocycles. The summed E-state index contributed by atoms with van der Waals surface area (Å²) in [7, 11) is -2.03. The lowest BCUT2D eigenvalue weighted by Crippen LogP contribution is -2.48. The van der Waals surface area contributed by atoms with E-state index < -0.39 is 16.1 Å². The van der Waals surface area contributed by atoms with Crippen LogP contribution in [-0.4, -0.2) is 45.2 Å². The number of carbonyl (C=O) groups excluding carboxylic acids is 1. The molecule has 28 heavy (non-hydrogen) atoms. The normalized spacial score (nSPS) is 12.3. The number of carbonyl (C=O) groups is 1. The van der Waals surface area contributed by atoms with Gasteiger partial charge in [0.2, 0.25) is 15.9 Å². The number of rotatable bonds is 8. The van der Waals surface area contributed by atoms with Crippen LogP contribution in [0.1, 0.15) is 19.4 Å². The molecule has 2 aromatic rings. The van der Waals surface area contributed by atoms with Gasteiger partial charge in [-0.15, -0.1) is 0 Å². The highest BCUT2D eigenvalue weighted by Crippen LogP contribution is 2.25. The third-order valence-electron chi connectivity index (χ3n) is 4.18. The summed E-state index contributed by atoms with van der Waals surface area (Å²) in [6.07, 6.45) is 1.09. The van der Waals surface area contributed by atoms with Crippen molar-refractivity contribution in [3.05, 3.63) is 59.1 Å². The molecule has 0 unspecified atom stereocenters. The van der Waals surface area contributed by atoms with E-state index in [-0.39, 0.29) is 5.91 Å². The lowest BCUT2D eigenvalue weighted by Gasteiger charge is -2.31. The summed E-state index contributed by atoms with van der Waals surface area (Å²) >= 11 is 5.89. The number of likely N-dealkylation sites (N-methyl/N-ethyl adjacent to an activating group) is 1. The molecule has 0 aromatic heterocycles. The van der Waals surface area contributed by atoms with Gasteiger partial charge in [0.25, 0.3) is 0 Å². The first-order chi connectivity index (χ1) is 13.1. The third-order valence-corrected chi connectivity index (χ3v) is 5.67. The molecule has 0 aliphatic rings. The van der Waals surface area contributed by atoms with Gasteiger partial charge in [0.05, 0.1) is 18.6 Å². The second kappa shape index (κ2) is 9.30. The standard InChI is InChI=1S/C20H25ClN2O4S/c1-5-27-19-12-10-18(11-13-19)23(28(4,25)26)15(2)20(24)22(3)14-16-6-8-17(21)9-7-16/h6-13,15H,5,14H2,1-4H3/t15-/m1/s1. The minimum Gasteiger partial charge on any atom is -0.494 e. The summed E-state index contributed by atoms with van der Waals surface area (Å²) in [6.45, 7) is 4.31. The second-order valence-electron chi connectivity index (χ2n) is 6.48. The van der Waals surface area contributed by atoms with Crippen molar-refractivity contribution in [2.45, 2.75) is 26.4 Å². The summed E-state index contributed by atoms with van der Waals surface area (Å²) < 4.78 is 31.4. The molecule has 2 rings (SSSR count). The zero-order valence-electron chi connectivity index (χ0n) is 16.4. The number of nitrogens with zero attached hydrogens (tertiary/aromatic N) is 2. The topological polar surface area (TPSA) is 66.9 Å². The molecule has 152 valence electrons. The fraction of sp³-hybridized carbons (Fsp3) is 0.350. The number of anilines is 1. The second-order valence-corrected chi connectivity index (χ2v) is 8.78. The van der Waals surface area contributed by atoms with E-state index in [2.05, 4.69) is 0 Å². The Labute approximate surface area is 171 Å². The van der Waals surface area contributed by atoms with Gasteiger partial charge >= 0.3 is 0 Å². The van der Waals surface area contributed by atoms with Crippen LogP contribution in [0.4, 0.5) is 5.69 Å². The van der Waals surface area contributed by atoms with Crippen molar-refractivity contribution in [3.8, 4) is 5.75 Å². The van der Waals surface area contributed by atoms with Crippen molar-refractivity contribution in [2.75, 3.05) is 24.2 Å². The van der Waals surface area contributed by atoms with Crippen LogP contribution in [0.25, 0.3) is 0 Å². The van der Waals surface area contributed by atoms with Crippen molar-refractivity contribution >= 4 is 33.2 Å². The van der Waals surface area contributed by atoms with Crippen molar-refractivity contribution in [2.24, 2.45) is 0 Å². The Morgan fingerprint density at radius 2 is 1.68 bits per heavy atom. The van der Waals surface area contributed by atoms with E-state index in [4.69, 9.17) is 16.3 Å². The summed E-state index contributed by atoms with van der Waals surface area (Å²) in [6, 6.07) is 12.9. The van der Waals surface area contributed by atoms with Gasteiger partial charge in [-0.1, -0.05) is 23.7 Å².